The summed E-state index contributed by atoms with van der Waals surface area (Å²) in [6.45, 7) is 1.98. The molecule has 12 nitrogen and oxygen atoms in total. The second-order valence-corrected chi connectivity index (χ2v) is 22.5. The average Bonchev–Trinajstić information content (AvgIpc) is 4.12. The lowest BCUT2D eigenvalue weighted by Gasteiger charge is -2.34. The second kappa shape index (κ2) is 15.5. The first-order valence-electron chi connectivity index (χ1n) is 20.5. The Morgan fingerprint density at radius 3 is 2.23 bits per heavy atom. The largest absolute Gasteiger partial charge is 0.346 e. The van der Waals surface area contributed by atoms with Crippen LogP contribution >= 0.6 is 11.6 Å². The number of benzene rings is 2. The fourth-order valence-corrected chi connectivity index (χ4v) is 12.2. The van der Waals surface area contributed by atoms with Gasteiger partial charge in [-0.2, -0.15) is 19.0 Å². The van der Waals surface area contributed by atoms with E-state index >= 15 is 8.78 Å². The fourth-order valence-electron chi connectivity index (χ4n) is 8.88. The van der Waals surface area contributed by atoms with E-state index < -0.39 is 101 Å². The smallest absolute Gasteiger partial charge is 0.293 e. The minimum absolute atomic E-state index is 0.0113. The summed E-state index contributed by atoms with van der Waals surface area (Å²) in [5, 5.41) is 10.2. The number of fused-ring (bicyclic) bond motifs is 4. The van der Waals surface area contributed by atoms with Crippen molar-refractivity contribution in [3.05, 3.63) is 93.0 Å². The number of aromatic nitrogens is 5. The molecule has 21 heteroatoms. The molecule has 0 radical (unpaired) electrons. The quantitative estimate of drug-likeness (QED) is 0.0888. The number of amides is 1. The van der Waals surface area contributed by atoms with Gasteiger partial charge in [0.05, 0.1) is 38.2 Å². The van der Waals surface area contributed by atoms with Crippen molar-refractivity contribution in [1.29, 1.82) is 0 Å². The number of carbonyl (C=O) groups excluding carboxylic acids is 1. The second-order valence-electron chi connectivity index (χ2n) is 17.4. The molecule has 5 aromatic rings. The van der Waals surface area contributed by atoms with Crippen LogP contribution in [0.3, 0.4) is 0 Å². The van der Waals surface area contributed by atoms with Gasteiger partial charge < -0.3 is 5.32 Å². The molecule has 2 N–H and O–H groups in total. The minimum atomic E-state index is -3.83. The highest BCUT2D eigenvalue weighted by atomic mass is 35.5. The molecular weight excluding hydrogens is 908 g/mol. The average molecular weight is 948 g/mol. The minimum Gasteiger partial charge on any atom is -0.346 e. The van der Waals surface area contributed by atoms with E-state index in [4.69, 9.17) is 16.6 Å². The van der Waals surface area contributed by atoms with Crippen LogP contribution in [0.15, 0.2) is 42.5 Å². The van der Waals surface area contributed by atoms with E-state index in [1.54, 1.807) is 19.2 Å². The number of nitrogens with zero attached hydrogens (tertiary/aromatic N) is 5. The number of hydrogen-bond donors (Lipinski definition) is 2. The molecule has 0 aliphatic heterocycles. The summed E-state index contributed by atoms with van der Waals surface area (Å²) >= 11 is 6.71. The highest BCUT2D eigenvalue weighted by Gasteiger charge is 2.62. The fraction of sp³-hybridized carbons (Fsp3) is 0.442. The van der Waals surface area contributed by atoms with E-state index in [2.05, 4.69) is 32.1 Å². The Hall–Kier alpha value is -5.13. The number of sulfonamides is 1. The number of anilines is 1. The van der Waals surface area contributed by atoms with E-state index in [1.165, 1.54) is 30.7 Å². The van der Waals surface area contributed by atoms with E-state index in [9.17, 15) is 39.2 Å². The van der Waals surface area contributed by atoms with Crippen LogP contribution in [0, 0.1) is 29.4 Å². The molecule has 0 unspecified atom stereocenters. The number of rotatable bonds is 13. The Kier molecular flexibility index (Phi) is 10.7. The number of aryl methyl sites for hydroxylation is 1. The zero-order chi connectivity index (χ0) is 45.8. The summed E-state index contributed by atoms with van der Waals surface area (Å²) in [5.74, 6) is -2.92. The SMILES string of the molecule is Cn1nc(NS(=O)(=O)C2CC2)c2c(Cl)ccc(-c3ccc(C#CC(C)(C)S(=O)(=O)C4CC4)nc3[C@H](Cc3cc(F)cc(F)c3)NC(=O)Cn3nc(C(F)F)c4c3C(F)(F)[C@@H]3CC[C@H]43)c21. The summed E-state index contributed by atoms with van der Waals surface area (Å²) < 4.78 is 145. The van der Waals surface area contributed by atoms with Crippen LogP contribution in [-0.2, 0) is 50.6 Å². The summed E-state index contributed by atoms with van der Waals surface area (Å²) in [4.78, 5) is 19.0. The Balaban J connectivity index is 1.19. The molecule has 3 saturated carbocycles. The van der Waals surface area contributed by atoms with Crippen molar-refractivity contribution in [2.75, 3.05) is 4.72 Å². The number of nitrogens with one attached hydrogen (secondary N) is 2. The standard InChI is InChI=1S/C43H40ClF6N7O5S2/c1-42(2,63(59,60)25-5-6-25)15-14-24-4-9-27(28-11-13-31(44)35-38(28)56(3)54-41(35)55-64(61,62)26-7-8-26)36(51-24)32(18-21-16-22(45)19-23(46)17-21)52-33(58)20-57-39-34(37(53-57)40(47)48)29-10-12-30(29)43(39,49)50/h4,9,11,13,16-17,19,25-26,29-30,32,40H,5-8,10,12,18,20H2,1-3H3,(H,52,58)(H,54,55)/t29-,30+,32-/m0/s1. The van der Waals surface area contributed by atoms with Gasteiger partial charge in [-0.15, -0.1) is 0 Å². The van der Waals surface area contributed by atoms with Crippen LogP contribution < -0.4 is 10.0 Å². The van der Waals surface area contributed by atoms with Crippen molar-refractivity contribution >= 4 is 54.1 Å². The van der Waals surface area contributed by atoms with Gasteiger partial charge in [0.25, 0.3) is 12.3 Å². The van der Waals surface area contributed by atoms with Crippen LogP contribution in [-0.4, -0.2) is 62.5 Å². The molecule has 9 rings (SSSR count). The molecule has 0 spiro atoms. The lowest BCUT2D eigenvalue weighted by molar-refractivity contribution is -0.123. The lowest BCUT2D eigenvalue weighted by atomic mass is 9.73. The maximum atomic E-state index is 15.8. The van der Waals surface area contributed by atoms with Gasteiger partial charge in [-0.25, -0.2) is 39.4 Å². The zero-order valence-corrected chi connectivity index (χ0v) is 36.8. The Labute approximate surface area is 369 Å². The summed E-state index contributed by atoms with van der Waals surface area (Å²) in [5.41, 5.74) is -0.975. The van der Waals surface area contributed by atoms with Crippen LogP contribution in [0.4, 0.5) is 32.2 Å². The molecule has 4 aliphatic rings. The molecule has 1 amide bonds. The van der Waals surface area contributed by atoms with Gasteiger partial charge in [-0.05, 0) is 107 Å². The van der Waals surface area contributed by atoms with Gasteiger partial charge >= 0.3 is 0 Å². The summed E-state index contributed by atoms with van der Waals surface area (Å²) in [6, 6.07) is 7.40. The highest BCUT2D eigenvalue weighted by Crippen LogP contribution is 2.63. The van der Waals surface area contributed by atoms with E-state index in [0.717, 1.165) is 12.1 Å². The number of hydrogen-bond acceptors (Lipinski definition) is 8. The first-order chi connectivity index (χ1) is 30.1. The molecular formula is C43H40ClF6N7O5S2. The lowest BCUT2D eigenvalue weighted by Crippen LogP contribution is -2.36. The molecule has 64 heavy (non-hydrogen) atoms. The Bertz CT molecular complexity index is 3050. The van der Waals surface area contributed by atoms with E-state index in [0.29, 0.717) is 47.5 Å². The molecule has 2 aromatic carbocycles. The van der Waals surface area contributed by atoms with Crippen LogP contribution in [0.1, 0.15) is 105 Å². The van der Waals surface area contributed by atoms with Crippen molar-refractivity contribution in [3.8, 4) is 23.0 Å². The molecule has 0 bridgehead atoms. The normalized spacial score (nSPS) is 19.7. The first kappa shape index (κ1) is 44.1. The van der Waals surface area contributed by atoms with Crippen molar-refractivity contribution in [2.24, 2.45) is 13.0 Å². The number of carbonyl (C=O) groups is 1. The van der Waals surface area contributed by atoms with Gasteiger partial charge in [0.1, 0.15) is 40.0 Å². The molecule has 3 atom stereocenters. The monoisotopic (exact) mass is 947 g/mol. The Morgan fingerprint density at radius 2 is 1.61 bits per heavy atom. The maximum Gasteiger partial charge on any atom is 0.293 e. The zero-order valence-electron chi connectivity index (χ0n) is 34.4. The number of alkyl halides is 4. The molecule has 3 aromatic heterocycles. The van der Waals surface area contributed by atoms with Crippen molar-refractivity contribution in [1.82, 2.24) is 29.9 Å². The molecule has 0 saturated heterocycles. The van der Waals surface area contributed by atoms with Gasteiger partial charge in [-0.1, -0.05) is 23.6 Å². The Morgan fingerprint density at radius 1 is 0.938 bits per heavy atom. The van der Waals surface area contributed by atoms with Gasteiger partial charge in [-0.3, -0.25) is 18.9 Å². The third-order valence-corrected chi connectivity index (χ3v) is 17.5. The van der Waals surface area contributed by atoms with E-state index in [-0.39, 0.29) is 63.6 Å². The predicted molar refractivity (Wildman–Crippen MR) is 225 cm³/mol. The third kappa shape index (κ3) is 7.70. The topological polar surface area (TPSA) is 158 Å². The summed E-state index contributed by atoms with van der Waals surface area (Å²) in [7, 11) is -5.97. The van der Waals surface area contributed by atoms with Crippen LogP contribution in [0.25, 0.3) is 22.0 Å². The predicted octanol–water partition coefficient (Wildman–Crippen LogP) is 8.01. The van der Waals surface area contributed by atoms with Crippen molar-refractivity contribution in [2.45, 2.75) is 105 Å². The van der Waals surface area contributed by atoms with Gasteiger partial charge in [0.15, 0.2) is 15.7 Å². The van der Waals surface area contributed by atoms with Crippen LogP contribution in [0.2, 0.25) is 5.02 Å². The molecule has 3 heterocycles. The number of sulfone groups is 1. The van der Waals surface area contributed by atoms with Crippen molar-refractivity contribution < 1.29 is 48.0 Å². The van der Waals surface area contributed by atoms with Crippen LogP contribution in [0.5, 0.6) is 0 Å². The van der Waals surface area contributed by atoms with Gasteiger partial charge in [0, 0.05) is 35.7 Å². The number of halogens is 7. The van der Waals surface area contributed by atoms with E-state index in [1.807, 2.05) is 0 Å². The first-order valence-corrected chi connectivity index (χ1v) is 24.0. The molecule has 4 aliphatic carbocycles. The van der Waals surface area contributed by atoms with Crippen molar-refractivity contribution in [3.63, 3.8) is 0 Å². The van der Waals surface area contributed by atoms with Gasteiger partial charge in [0.2, 0.25) is 15.9 Å². The third-order valence-electron chi connectivity index (χ3n) is 12.5. The maximum absolute atomic E-state index is 15.8. The molecule has 338 valence electrons. The summed E-state index contributed by atoms with van der Waals surface area (Å²) in [6.07, 6.45) is -1.27. The highest BCUT2D eigenvalue weighted by molar-refractivity contribution is 7.94. The molecule has 3 fully saturated rings. The number of pyridine rings is 1.